The average molecular weight is 323 g/mol. The maximum absolute atomic E-state index is 11.9. The second-order valence-corrected chi connectivity index (χ2v) is 4.69. The molecule has 0 radical (unpaired) electrons. The summed E-state index contributed by atoms with van der Waals surface area (Å²) in [6.07, 6.45) is 4.35. The van der Waals surface area contributed by atoms with Crippen molar-refractivity contribution in [2.75, 3.05) is 14.2 Å². The number of esters is 1. The molecule has 0 spiro atoms. The lowest BCUT2D eigenvalue weighted by Gasteiger charge is -2.12. The summed E-state index contributed by atoms with van der Waals surface area (Å²) in [6.45, 7) is 0.201. The number of hydrogen-bond donors (Lipinski definition) is 0. The zero-order valence-electron chi connectivity index (χ0n) is 12.2. The molecule has 2 aromatic rings. The van der Waals surface area contributed by atoms with Gasteiger partial charge in [0.15, 0.2) is 0 Å². The second-order valence-electron chi connectivity index (χ2n) is 4.25. The summed E-state index contributed by atoms with van der Waals surface area (Å²) in [7, 11) is 2.78. The van der Waals surface area contributed by atoms with E-state index in [-0.39, 0.29) is 6.61 Å². The molecule has 0 amide bonds. The Hall–Kier alpha value is -2.47. The van der Waals surface area contributed by atoms with Gasteiger partial charge in [0.05, 0.1) is 37.9 Å². The minimum Gasteiger partial charge on any atom is -0.503 e. The number of nitrogens with zero attached hydrogens (tertiary/aromatic N) is 2. The van der Waals surface area contributed by atoms with Crippen molar-refractivity contribution < 1.29 is 19.1 Å². The summed E-state index contributed by atoms with van der Waals surface area (Å²) >= 11 is 5.78. The van der Waals surface area contributed by atoms with Crippen LogP contribution in [-0.4, -0.2) is 30.1 Å². The molecule has 6 nitrogen and oxygen atoms in total. The summed E-state index contributed by atoms with van der Waals surface area (Å²) in [5, 5.41) is 4.40. The number of methoxy groups -OCH3 is 2. The summed E-state index contributed by atoms with van der Waals surface area (Å²) < 4.78 is 9.74. The van der Waals surface area contributed by atoms with Crippen LogP contribution in [0.15, 0.2) is 42.9 Å². The van der Waals surface area contributed by atoms with Gasteiger partial charge >= 0.3 is 5.97 Å². The van der Waals surface area contributed by atoms with Crippen molar-refractivity contribution >= 4 is 23.1 Å². The van der Waals surface area contributed by atoms with E-state index in [0.717, 1.165) is 5.56 Å². The first kappa shape index (κ1) is 15.9. The molecule has 116 valence electrons. The van der Waals surface area contributed by atoms with Gasteiger partial charge < -0.3 is 14.3 Å². The average Bonchev–Trinajstić information content (AvgIpc) is 2.96. The number of rotatable bonds is 6. The fourth-order valence-corrected chi connectivity index (χ4v) is 1.98. The van der Waals surface area contributed by atoms with Crippen LogP contribution in [0.1, 0.15) is 11.1 Å². The Kier molecular flexibility index (Phi) is 5.43. The highest BCUT2D eigenvalue weighted by molar-refractivity contribution is 6.30. The molecule has 0 aliphatic heterocycles. The summed E-state index contributed by atoms with van der Waals surface area (Å²) in [5.74, 6) is -0.489. The van der Waals surface area contributed by atoms with Crippen molar-refractivity contribution in [2.24, 2.45) is 0 Å². The minimum atomic E-state index is -0.489. The smallest absolute Gasteiger partial charge is 0.341 e. The van der Waals surface area contributed by atoms with E-state index in [9.17, 15) is 4.79 Å². The zero-order valence-corrected chi connectivity index (χ0v) is 12.9. The predicted octanol–water partition coefficient (Wildman–Crippen LogP) is 2.33. The molecular formula is C15H15ClN2O4. The highest BCUT2D eigenvalue weighted by Crippen LogP contribution is 2.21. The monoisotopic (exact) mass is 322 g/mol. The molecule has 2 rings (SSSR count). The molecule has 0 unspecified atom stereocenters. The van der Waals surface area contributed by atoms with Crippen LogP contribution in [0.2, 0.25) is 5.02 Å². The molecule has 0 saturated heterocycles. The summed E-state index contributed by atoms with van der Waals surface area (Å²) in [4.78, 5) is 18.6. The van der Waals surface area contributed by atoms with Crippen LogP contribution in [0.3, 0.4) is 0 Å². The van der Waals surface area contributed by atoms with Crippen molar-refractivity contribution in [3.8, 4) is 0 Å². The largest absolute Gasteiger partial charge is 0.503 e. The lowest BCUT2D eigenvalue weighted by molar-refractivity contribution is -0.133. The molecule has 1 aromatic carbocycles. The third-order valence-electron chi connectivity index (χ3n) is 2.83. The molecule has 7 heteroatoms. The van der Waals surface area contributed by atoms with Crippen LogP contribution in [-0.2, 0) is 20.9 Å². The van der Waals surface area contributed by atoms with Crippen molar-refractivity contribution in [3.05, 3.63) is 59.1 Å². The number of carbonyl (C=O) groups excluding carboxylic acids is 1. The lowest BCUT2D eigenvalue weighted by atomic mass is 10.0. The number of hydrogen-bond acceptors (Lipinski definition) is 5. The summed E-state index contributed by atoms with van der Waals surface area (Å²) in [5.41, 5.74) is 1.75. The third kappa shape index (κ3) is 3.79. The first-order valence-corrected chi connectivity index (χ1v) is 6.76. The molecule has 0 aliphatic rings. The van der Waals surface area contributed by atoms with Gasteiger partial charge in [-0.25, -0.2) is 4.79 Å². The van der Waals surface area contributed by atoms with Gasteiger partial charge in [-0.1, -0.05) is 35.9 Å². The van der Waals surface area contributed by atoms with Gasteiger partial charge in [-0.2, -0.15) is 0 Å². The first-order chi connectivity index (χ1) is 10.7. The molecule has 0 atom stereocenters. The molecule has 0 saturated carbocycles. The fourth-order valence-electron chi connectivity index (χ4n) is 1.85. The Labute approximate surface area is 132 Å². The lowest BCUT2D eigenvalue weighted by Crippen LogP contribution is -2.14. The van der Waals surface area contributed by atoms with E-state index in [2.05, 4.69) is 5.10 Å². The van der Waals surface area contributed by atoms with E-state index in [0.29, 0.717) is 16.2 Å². The Morgan fingerprint density at radius 1 is 1.36 bits per heavy atom. The molecule has 1 heterocycles. The minimum absolute atomic E-state index is 0.201. The first-order valence-electron chi connectivity index (χ1n) is 6.38. The molecule has 0 bridgehead atoms. The fraction of sp³-hybridized carbons (Fsp3) is 0.200. The number of aromatic nitrogens is 2. The number of halogens is 1. The van der Waals surface area contributed by atoms with Gasteiger partial charge in [-0.05, 0) is 5.56 Å². The van der Waals surface area contributed by atoms with Crippen LogP contribution in [0.4, 0.5) is 0 Å². The van der Waals surface area contributed by atoms with Gasteiger partial charge in [0.2, 0.25) is 0 Å². The van der Waals surface area contributed by atoms with Crippen molar-refractivity contribution in [1.29, 1.82) is 0 Å². The standard InChI is InChI=1S/C15H15ClN2O4/c1-20-10-14(15(19)21-2)13-6-4-3-5-11(13)9-22-18-8-12(16)7-17-18/h3-8,10H,9H2,1-2H3. The Balaban J connectivity index is 2.25. The Bertz CT molecular complexity index is 682. The third-order valence-corrected chi connectivity index (χ3v) is 3.02. The van der Waals surface area contributed by atoms with E-state index in [1.165, 1.54) is 37.7 Å². The topological polar surface area (TPSA) is 62.6 Å². The van der Waals surface area contributed by atoms with Crippen molar-refractivity contribution in [3.63, 3.8) is 0 Å². The Morgan fingerprint density at radius 2 is 2.14 bits per heavy atom. The van der Waals surface area contributed by atoms with Gasteiger partial charge in [0.25, 0.3) is 0 Å². The van der Waals surface area contributed by atoms with Crippen LogP contribution in [0, 0.1) is 0 Å². The number of carbonyl (C=O) groups is 1. The summed E-state index contributed by atoms with van der Waals surface area (Å²) in [6, 6.07) is 7.29. The quantitative estimate of drug-likeness (QED) is 0.464. The van der Waals surface area contributed by atoms with Gasteiger partial charge in [-0.15, -0.1) is 9.94 Å². The predicted molar refractivity (Wildman–Crippen MR) is 81.0 cm³/mol. The Morgan fingerprint density at radius 3 is 2.77 bits per heavy atom. The molecule has 0 N–H and O–H groups in total. The van der Waals surface area contributed by atoms with Crippen LogP contribution >= 0.6 is 11.6 Å². The normalized spacial score (nSPS) is 11.1. The van der Waals surface area contributed by atoms with E-state index in [1.807, 2.05) is 18.2 Å². The SMILES string of the molecule is COC=C(C(=O)OC)c1ccccc1COn1cc(Cl)cn1. The highest BCUT2D eigenvalue weighted by Gasteiger charge is 2.17. The zero-order chi connectivity index (χ0) is 15.9. The van der Waals surface area contributed by atoms with E-state index < -0.39 is 5.97 Å². The molecule has 22 heavy (non-hydrogen) atoms. The number of benzene rings is 1. The van der Waals surface area contributed by atoms with Crippen LogP contribution in [0.5, 0.6) is 0 Å². The van der Waals surface area contributed by atoms with Gasteiger partial charge in [0, 0.05) is 5.56 Å². The van der Waals surface area contributed by atoms with E-state index >= 15 is 0 Å². The van der Waals surface area contributed by atoms with Gasteiger partial charge in [-0.3, -0.25) is 0 Å². The van der Waals surface area contributed by atoms with Crippen molar-refractivity contribution in [2.45, 2.75) is 6.61 Å². The number of ether oxygens (including phenoxy) is 2. The molecule has 1 aromatic heterocycles. The van der Waals surface area contributed by atoms with Crippen LogP contribution in [0.25, 0.3) is 5.57 Å². The maximum Gasteiger partial charge on any atom is 0.341 e. The molecular weight excluding hydrogens is 308 g/mol. The molecule has 0 fully saturated rings. The maximum atomic E-state index is 11.9. The van der Waals surface area contributed by atoms with Crippen molar-refractivity contribution in [1.82, 2.24) is 9.94 Å². The second kappa shape index (κ2) is 7.51. The van der Waals surface area contributed by atoms with Gasteiger partial charge in [0.1, 0.15) is 12.2 Å². The molecule has 0 aliphatic carbocycles. The van der Waals surface area contributed by atoms with E-state index in [1.54, 1.807) is 6.07 Å². The van der Waals surface area contributed by atoms with E-state index in [4.69, 9.17) is 25.9 Å². The van der Waals surface area contributed by atoms with Crippen LogP contribution < -0.4 is 4.84 Å². The highest BCUT2D eigenvalue weighted by atomic mass is 35.5.